The van der Waals surface area contributed by atoms with E-state index in [0.717, 1.165) is 22.4 Å². The summed E-state index contributed by atoms with van der Waals surface area (Å²) in [6.07, 6.45) is 1.80. The maximum atomic E-state index is 4.48. The number of nitrogens with one attached hydrogen (secondary N) is 1. The third-order valence-corrected chi connectivity index (χ3v) is 2.38. The Bertz CT molecular complexity index is 482. The maximum absolute atomic E-state index is 4.48. The van der Waals surface area contributed by atoms with Gasteiger partial charge in [-0.15, -0.1) is 6.58 Å². The number of para-hydroxylation sites is 2. The summed E-state index contributed by atoms with van der Waals surface area (Å²) in [5, 5.41) is 0. The third-order valence-electron chi connectivity index (χ3n) is 2.38. The van der Waals surface area contributed by atoms with Gasteiger partial charge in [-0.25, -0.2) is 24.1 Å². The minimum absolute atomic E-state index is 0. The Morgan fingerprint density at radius 3 is 2.09 bits per heavy atom. The molecule has 0 aliphatic rings. The predicted molar refractivity (Wildman–Crippen MR) is 99.1 cm³/mol. The van der Waals surface area contributed by atoms with Crippen molar-refractivity contribution in [3.8, 4) is 0 Å². The van der Waals surface area contributed by atoms with Crippen molar-refractivity contribution in [3.05, 3.63) is 76.7 Å². The number of imidazole rings is 1. The number of hydrogen-bond acceptors (Lipinski definition) is 1. The van der Waals surface area contributed by atoms with E-state index in [9.17, 15) is 0 Å². The number of benzene rings is 1. The monoisotopic (exact) mass is 474 g/mol. The second-order valence-corrected chi connectivity index (χ2v) is 3.51. The molecule has 0 bridgehead atoms. The van der Waals surface area contributed by atoms with Crippen LogP contribution in [0.4, 0.5) is 0 Å². The minimum Gasteiger partial charge on any atom is -0.358 e. The van der Waals surface area contributed by atoms with Gasteiger partial charge in [-0.1, -0.05) is 45.9 Å². The zero-order valence-corrected chi connectivity index (χ0v) is 17.6. The molecule has 22 heavy (non-hydrogen) atoms. The fourth-order valence-corrected chi connectivity index (χ4v) is 1.59. The van der Waals surface area contributed by atoms with Crippen LogP contribution in [0.1, 0.15) is 39.4 Å². The molecule has 127 valence electrons. The number of aromatic nitrogens is 2. The molecular formula is C19H31N2Re-3. The first-order chi connectivity index (χ1) is 9.22. The van der Waals surface area contributed by atoms with Crippen LogP contribution in [-0.4, -0.2) is 9.97 Å². The van der Waals surface area contributed by atoms with Crippen LogP contribution in [0.25, 0.3) is 11.0 Å². The summed E-state index contributed by atoms with van der Waals surface area (Å²) in [6, 6.07) is 7.92. The standard InChI is InChI=1S/C13H13N2.2C2H6.2CH3.Re/c1-4-10(9(2)3)13-14-11-7-5-6-8-12(11)15-13;2*1-2;;;/h4-8,10H,1-3H2,(H,14,15);2*1-2H3;2*1H3;/q-1;;;2*-1;. The van der Waals surface area contributed by atoms with Crippen LogP contribution >= 0.6 is 0 Å². The van der Waals surface area contributed by atoms with Crippen molar-refractivity contribution in [2.45, 2.75) is 33.6 Å². The molecule has 1 unspecified atom stereocenters. The Hall–Kier alpha value is -1.30. The maximum Gasteiger partial charge on any atom is 0.115 e. The van der Waals surface area contributed by atoms with E-state index in [1.807, 2.05) is 52.0 Å². The fourth-order valence-electron chi connectivity index (χ4n) is 1.59. The second kappa shape index (κ2) is 16.1. The van der Waals surface area contributed by atoms with Crippen LogP contribution in [0.3, 0.4) is 0 Å². The van der Waals surface area contributed by atoms with E-state index in [0.29, 0.717) is 0 Å². The van der Waals surface area contributed by atoms with Gasteiger partial charge in [0.1, 0.15) is 5.82 Å². The van der Waals surface area contributed by atoms with E-state index in [-0.39, 0.29) is 41.2 Å². The molecule has 1 radical (unpaired) electrons. The van der Waals surface area contributed by atoms with Crippen LogP contribution in [0.5, 0.6) is 0 Å². The van der Waals surface area contributed by atoms with Crippen molar-refractivity contribution in [2.75, 3.05) is 0 Å². The molecule has 0 amide bonds. The molecule has 1 atom stereocenters. The van der Waals surface area contributed by atoms with Gasteiger partial charge < -0.3 is 19.8 Å². The average Bonchev–Trinajstić information content (AvgIpc) is 2.87. The summed E-state index contributed by atoms with van der Waals surface area (Å²) in [7, 11) is 0. The molecule has 0 spiro atoms. The van der Waals surface area contributed by atoms with Crippen molar-refractivity contribution in [3.63, 3.8) is 0 Å². The summed E-state index contributed by atoms with van der Waals surface area (Å²) in [4.78, 5) is 7.72. The number of fused-ring (bicyclic) bond motifs is 1. The van der Waals surface area contributed by atoms with E-state index < -0.39 is 0 Å². The summed E-state index contributed by atoms with van der Waals surface area (Å²) in [5.74, 6) is 0.851. The van der Waals surface area contributed by atoms with E-state index in [1.54, 1.807) is 6.08 Å². The Kier molecular flexibility index (Phi) is 21.1. The molecule has 0 aliphatic carbocycles. The van der Waals surface area contributed by atoms with Crippen molar-refractivity contribution in [1.82, 2.24) is 9.97 Å². The Morgan fingerprint density at radius 1 is 1.18 bits per heavy atom. The number of rotatable bonds is 3. The molecule has 1 aromatic heterocycles. The first-order valence-corrected chi connectivity index (χ1v) is 6.80. The molecule has 0 fully saturated rings. The number of nitrogens with zero attached hydrogens (tertiary/aromatic N) is 1. The van der Waals surface area contributed by atoms with Crippen molar-refractivity contribution >= 4 is 11.0 Å². The Morgan fingerprint density at radius 2 is 1.68 bits per heavy atom. The van der Waals surface area contributed by atoms with Gasteiger partial charge in [0.15, 0.2) is 0 Å². The first-order valence-electron chi connectivity index (χ1n) is 6.80. The SMILES string of the molecule is C=CC(C(=C)[CH2-])c1nc2ccccc2[nH]1.CC.CC.[CH3-].[CH3-].[Re]. The van der Waals surface area contributed by atoms with Crippen LogP contribution in [0.2, 0.25) is 0 Å². The molecule has 1 heterocycles. The third kappa shape index (κ3) is 7.64. The van der Waals surface area contributed by atoms with E-state index >= 15 is 0 Å². The summed E-state index contributed by atoms with van der Waals surface area (Å²) in [5.41, 5.74) is 2.78. The Labute approximate surface area is 151 Å². The van der Waals surface area contributed by atoms with Gasteiger partial charge in [-0.05, 0) is 12.1 Å². The summed E-state index contributed by atoms with van der Waals surface area (Å²) < 4.78 is 0. The fraction of sp³-hybridized carbons (Fsp3) is 0.263. The van der Waals surface area contributed by atoms with E-state index in [4.69, 9.17) is 0 Å². The van der Waals surface area contributed by atoms with Gasteiger partial charge in [0.05, 0.1) is 11.0 Å². The molecule has 0 aliphatic heterocycles. The van der Waals surface area contributed by atoms with Gasteiger partial charge in [0.25, 0.3) is 0 Å². The quantitative estimate of drug-likeness (QED) is 0.419. The first kappa shape index (κ1) is 28.8. The van der Waals surface area contributed by atoms with Gasteiger partial charge in [-0.3, -0.25) is 0 Å². The second-order valence-electron chi connectivity index (χ2n) is 3.51. The smallest absolute Gasteiger partial charge is 0.115 e. The summed E-state index contributed by atoms with van der Waals surface area (Å²) >= 11 is 0. The molecule has 1 aromatic carbocycles. The molecule has 0 saturated heterocycles. The van der Waals surface area contributed by atoms with Gasteiger partial charge in [0.2, 0.25) is 0 Å². The zero-order chi connectivity index (χ0) is 14.8. The van der Waals surface area contributed by atoms with E-state index in [1.165, 1.54) is 0 Å². The molecule has 3 heteroatoms. The predicted octanol–water partition coefficient (Wildman–Crippen LogP) is 6.17. The number of hydrogen-bond donors (Lipinski definition) is 1. The van der Waals surface area contributed by atoms with Gasteiger partial charge >= 0.3 is 0 Å². The van der Waals surface area contributed by atoms with Crippen LogP contribution in [0.15, 0.2) is 49.1 Å². The van der Waals surface area contributed by atoms with Crippen LogP contribution in [0, 0.1) is 21.8 Å². The van der Waals surface area contributed by atoms with Crippen molar-refractivity contribution in [1.29, 1.82) is 0 Å². The van der Waals surface area contributed by atoms with E-state index in [2.05, 4.69) is 30.0 Å². The van der Waals surface area contributed by atoms with Gasteiger partial charge in [-0.2, -0.15) is 0 Å². The van der Waals surface area contributed by atoms with Crippen LogP contribution < -0.4 is 0 Å². The minimum atomic E-state index is -0.00241. The van der Waals surface area contributed by atoms with Crippen LogP contribution in [-0.2, 0) is 20.4 Å². The van der Waals surface area contributed by atoms with Gasteiger partial charge in [0, 0.05) is 26.3 Å². The zero-order valence-electron chi connectivity index (χ0n) is 14.9. The largest absolute Gasteiger partial charge is 0.358 e. The molecule has 0 saturated carbocycles. The average molecular weight is 474 g/mol. The Balaban J connectivity index is -0.000000215. The number of aromatic amines is 1. The van der Waals surface area contributed by atoms with Crippen molar-refractivity contribution in [2.24, 2.45) is 0 Å². The molecule has 1 N–H and O–H groups in total. The van der Waals surface area contributed by atoms with Crippen molar-refractivity contribution < 1.29 is 20.4 Å². The molecule has 2 aromatic rings. The molecular weight excluding hydrogens is 442 g/mol. The number of allylic oxidation sites excluding steroid dienone is 2. The number of H-pyrrole nitrogens is 1. The molecule has 2 rings (SSSR count). The summed E-state index contributed by atoms with van der Waals surface area (Å²) in [6.45, 7) is 19.4. The molecule has 2 nitrogen and oxygen atoms in total. The normalized spacial score (nSPS) is 9.09. The topological polar surface area (TPSA) is 28.7 Å².